The van der Waals surface area contributed by atoms with Gasteiger partial charge in [0.1, 0.15) is 23.6 Å². The Morgan fingerprint density at radius 3 is 1.18 bits per heavy atom. The van der Waals surface area contributed by atoms with E-state index >= 15 is 0 Å². The number of carbonyl (C=O) groups is 4. The quantitative estimate of drug-likeness (QED) is 0.534. The Morgan fingerprint density at radius 2 is 0.895 bits per heavy atom. The van der Waals surface area contributed by atoms with Crippen LogP contribution in [0.4, 0.5) is 0 Å². The van der Waals surface area contributed by atoms with E-state index in [9.17, 15) is 19.2 Å². The number of carbonyl (C=O) groups excluding carboxylic acids is 4. The number of hydrogen-bond acceptors (Lipinski definition) is 8. The summed E-state index contributed by atoms with van der Waals surface area (Å²) in [5.74, 6) is -1.22. The third-order valence-electron chi connectivity index (χ3n) is 8.45. The number of imide groups is 2. The fourth-order valence-electron chi connectivity index (χ4n) is 6.84. The molecule has 4 saturated heterocycles. The van der Waals surface area contributed by atoms with Crippen LogP contribution in [-0.2, 0) is 19.2 Å². The zero-order chi connectivity index (χ0) is 26.9. The molecule has 2 aromatic carbocycles. The fraction of sp³-hybridized carbons (Fsp3) is 0.429. The van der Waals surface area contributed by atoms with E-state index in [-0.39, 0.29) is 36.7 Å². The van der Waals surface area contributed by atoms with Crippen molar-refractivity contribution in [3.8, 4) is 11.5 Å². The predicted molar refractivity (Wildman–Crippen MR) is 134 cm³/mol. The Hall–Kier alpha value is -3.76. The number of likely N-dealkylation sites (N-methyl/N-ethyl adjacent to an activating group) is 2. The molecule has 0 spiro atoms. The van der Waals surface area contributed by atoms with Crippen LogP contribution in [0.1, 0.15) is 37.1 Å². The summed E-state index contributed by atoms with van der Waals surface area (Å²) in [6.45, 7) is 4.08. The van der Waals surface area contributed by atoms with Gasteiger partial charge in [0.05, 0.1) is 38.1 Å². The average molecular weight is 519 g/mol. The molecule has 0 radical (unpaired) electrons. The Labute approximate surface area is 220 Å². The topological polar surface area (TPSA) is 99.7 Å². The van der Waals surface area contributed by atoms with Gasteiger partial charge < -0.3 is 9.47 Å². The molecule has 4 aliphatic heterocycles. The van der Waals surface area contributed by atoms with Gasteiger partial charge >= 0.3 is 0 Å². The molecular formula is C28H30N4O6. The third kappa shape index (κ3) is 3.13. The van der Waals surface area contributed by atoms with Crippen molar-refractivity contribution in [3.05, 3.63) is 59.7 Å². The largest absolute Gasteiger partial charge is 0.497 e. The van der Waals surface area contributed by atoms with Crippen LogP contribution >= 0.6 is 0 Å². The molecule has 198 valence electrons. The van der Waals surface area contributed by atoms with Crippen LogP contribution in [0.5, 0.6) is 11.5 Å². The molecule has 4 aliphatic rings. The van der Waals surface area contributed by atoms with Crippen molar-refractivity contribution in [3.63, 3.8) is 0 Å². The predicted octanol–water partition coefficient (Wildman–Crippen LogP) is 1.78. The molecule has 0 saturated carbocycles. The first-order valence-electron chi connectivity index (χ1n) is 12.9. The number of benzene rings is 2. The zero-order valence-corrected chi connectivity index (χ0v) is 21.7. The van der Waals surface area contributed by atoms with E-state index in [0.29, 0.717) is 11.5 Å². The number of hydrazine groups is 1. The standard InChI is InChI=1S/C28H30N4O6/c1-5-29-25(33)19-21(15-7-11-17(37-3)12-8-15)32-24-20(26(34)30(6-2)28(24)36)22(31(32)23(19)27(29)35)16-9-13-18(38-4)14-10-16/h7-14,19-24H,5-6H2,1-4H3/t19-,20-,21+,22+,23-,24+/m0/s1. The molecular weight excluding hydrogens is 488 g/mol. The summed E-state index contributed by atoms with van der Waals surface area (Å²) >= 11 is 0. The molecule has 10 heteroatoms. The number of fused-ring (bicyclic) bond motifs is 5. The van der Waals surface area contributed by atoms with Crippen LogP contribution in [-0.4, -0.2) is 82.8 Å². The van der Waals surface area contributed by atoms with Crippen molar-refractivity contribution >= 4 is 23.6 Å². The van der Waals surface area contributed by atoms with Crippen LogP contribution < -0.4 is 9.47 Å². The van der Waals surface area contributed by atoms with E-state index in [1.165, 1.54) is 9.80 Å². The van der Waals surface area contributed by atoms with Gasteiger partial charge in [-0.1, -0.05) is 24.3 Å². The molecule has 10 nitrogen and oxygen atoms in total. The van der Waals surface area contributed by atoms with Crippen molar-refractivity contribution in [2.45, 2.75) is 38.0 Å². The lowest BCUT2D eigenvalue weighted by atomic mass is 9.84. The number of nitrogens with zero attached hydrogens (tertiary/aromatic N) is 4. The molecule has 4 amide bonds. The first kappa shape index (κ1) is 24.6. The third-order valence-corrected chi connectivity index (χ3v) is 8.45. The minimum Gasteiger partial charge on any atom is -0.497 e. The second-order valence-electron chi connectivity index (χ2n) is 9.98. The maximum atomic E-state index is 13.7. The van der Waals surface area contributed by atoms with Crippen LogP contribution in [0.25, 0.3) is 0 Å². The van der Waals surface area contributed by atoms with Crippen LogP contribution in [0.15, 0.2) is 48.5 Å². The molecule has 2 aromatic rings. The summed E-state index contributed by atoms with van der Waals surface area (Å²) in [5, 5.41) is 3.74. The normalized spacial score (nSPS) is 30.7. The Morgan fingerprint density at radius 1 is 0.553 bits per heavy atom. The maximum Gasteiger partial charge on any atom is 0.248 e. The first-order chi connectivity index (χ1) is 18.4. The molecule has 4 heterocycles. The summed E-state index contributed by atoms with van der Waals surface area (Å²) in [4.78, 5) is 57.5. The highest BCUT2D eigenvalue weighted by atomic mass is 16.5. The van der Waals surface area contributed by atoms with Crippen LogP contribution in [0, 0.1) is 11.8 Å². The van der Waals surface area contributed by atoms with Gasteiger partial charge in [0, 0.05) is 13.1 Å². The summed E-state index contributed by atoms with van der Waals surface area (Å²) < 4.78 is 10.7. The van der Waals surface area contributed by atoms with Gasteiger partial charge in [-0.25, -0.2) is 10.0 Å². The van der Waals surface area contributed by atoms with E-state index in [1.807, 2.05) is 34.3 Å². The number of methoxy groups -OCH3 is 2. The van der Waals surface area contributed by atoms with Crippen molar-refractivity contribution in [1.29, 1.82) is 0 Å². The highest BCUT2D eigenvalue weighted by Gasteiger charge is 2.73. The van der Waals surface area contributed by atoms with Crippen molar-refractivity contribution in [2.24, 2.45) is 11.8 Å². The summed E-state index contributed by atoms with van der Waals surface area (Å²) in [5.41, 5.74) is 1.57. The first-order valence-corrected chi connectivity index (χ1v) is 12.9. The Bertz CT molecular complexity index is 1210. The van der Waals surface area contributed by atoms with Crippen molar-refractivity contribution < 1.29 is 28.7 Å². The smallest absolute Gasteiger partial charge is 0.248 e. The van der Waals surface area contributed by atoms with Gasteiger partial charge in [-0.05, 0) is 49.2 Å². The Kier molecular flexibility index (Phi) is 5.77. The number of ether oxygens (including phenoxy) is 2. The monoisotopic (exact) mass is 518 g/mol. The number of likely N-dealkylation sites (tertiary alicyclic amines) is 2. The highest BCUT2D eigenvalue weighted by Crippen LogP contribution is 2.59. The van der Waals surface area contributed by atoms with E-state index in [2.05, 4.69) is 0 Å². The van der Waals surface area contributed by atoms with Gasteiger partial charge in [-0.2, -0.15) is 0 Å². The minimum absolute atomic E-state index is 0.258. The SMILES string of the molecule is CCN1C(=O)[C@@H]2[C@@H](C1=O)N1[C@H](c3ccc(OC)cc3)[C@@H]3C(=O)N(CC)C(=O)[C@@H]3N1[C@@H]2c1ccc(OC)cc1. The Balaban J connectivity index is 1.56. The molecule has 6 rings (SSSR count). The second kappa shape index (κ2) is 8.92. The van der Waals surface area contributed by atoms with Crippen molar-refractivity contribution in [2.75, 3.05) is 27.3 Å². The summed E-state index contributed by atoms with van der Waals surface area (Å²) in [6.07, 6.45) is 0. The molecule has 38 heavy (non-hydrogen) atoms. The minimum atomic E-state index is -0.817. The lowest BCUT2D eigenvalue weighted by molar-refractivity contribution is -0.152. The highest BCUT2D eigenvalue weighted by molar-refractivity contribution is 6.10. The molecule has 0 bridgehead atoms. The summed E-state index contributed by atoms with van der Waals surface area (Å²) in [7, 11) is 3.15. The maximum absolute atomic E-state index is 13.7. The average Bonchev–Trinajstić information content (AvgIpc) is 3.60. The molecule has 6 atom stereocenters. The summed E-state index contributed by atoms with van der Waals surface area (Å²) in [6, 6.07) is 11.9. The molecule has 0 unspecified atom stereocenters. The lowest BCUT2D eigenvalue weighted by Gasteiger charge is -2.35. The van der Waals surface area contributed by atoms with Gasteiger partial charge in [0.15, 0.2) is 0 Å². The number of hydrogen-bond donors (Lipinski definition) is 0. The lowest BCUT2D eigenvalue weighted by Crippen LogP contribution is -2.50. The van der Waals surface area contributed by atoms with Crippen LogP contribution in [0.2, 0.25) is 0 Å². The van der Waals surface area contributed by atoms with E-state index in [1.54, 1.807) is 52.3 Å². The van der Waals surface area contributed by atoms with E-state index in [0.717, 1.165) is 11.1 Å². The molecule has 4 fully saturated rings. The van der Waals surface area contributed by atoms with E-state index < -0.39 is 36.0 Å². The van der Waals surface area contributed by atoms with Crippen LogP contribution in [0.3, 0.4) is 0 Å². The van der Waals surface area contributed by atoms with Gasteiger partial charge in [0.2, 0.25) is 23.6 Å². The molecule has 0 aliphatic carbocycles. The van der Waals surface area contributed by atoms with Gasteiger partial charge in [-0.15, -0.1) is 0 Å². The fourth-order valence-corrected chi connectivity index (χ4v) is 6.84. The number of rotatable bonds is 6. The number of amides is 4. The van der Waals surface area contributed by atoms with Gasteiger partial charge in [-0.3, -0.25) is 29.0 Å². The molecule has 0 aromatic heterocycles. The van der Waals surface area contributed by atoms with Crippen molar-refractivity contribution in [1.82, 2.24) is 19.8 Å². The molecule has 0 N–H and O–H groups in total. The van der Waals surface area contributed by atoms with Gasteiger partial charge in [0.25, 0.3) is 0 Å². The zero-order valence-electron chi connectivity index (χ0n) is 21.7. The second-order valence-corrected chi connectivity index (χ2v) is 9.98. The van der Waals surface area contributed by atoms with E-state index in [4.69, 9.17) is 9.47 Å².